The molecule has 0 radical (unpaired) electrons. The number of unbranched alkanes of at least 4 members (excludes halogenated alkanes) is 1. The molecule has 0 fully saturated rings. The van der Waals surface area contributed by atoms with E-state index in [2.05, 4.69) is 0 Å². The first-order valence-corrected chi connectivity index (χ1v) is 9.54. The number of carbonyl (C=O) groups excluding carboxylic acids is 1. The van der Waals surface area contributed by atoms with Gasteiger partial charge in [0.2, 0.25) is 14.1 Å². The summed E-state index contributed by atoms with van der Waals surface area (Å²) >= 11 is 5.79. The lowest BCUT2D eigenvalue weighted by molar-refractivity contribution is -0.0901. The molecule has 0 saturated carbocycles. The van der Waals surface area contributed by atoms with Crippen LogP contribution < -0.4 is 0 Å². The van der Waals surface area contributed by atoms with Crippen molar-refractivity contribution in [2.24, 2.45) is 0 Å². The number of carbonyl (C=O) groups is 1. The summed E-state index contributed by atoms with van der Waals surface area (Å²) in [7, 11) is -2.37. The van der Waals surface area contributed by atoms with Gasteiger partial charge in [-0.3, -0.25) is 9.36 Å². The van der Waals surface area contributed by atoms with Crippen molar-refractivity contribution < 1.29 is 23.4 Å². The van der Waals surface area contributed by atoms with E-state index in [0.29, 0.717) is 49.7 Å². The van der Waals surface area contributed by atoms with Gasteiger partial charge < -0.3 is 14.0 Å². The van der Waals surface area contributed by atoms with Crippen LogP contribution in [0.25, 0.3) is 0 Å². The zero-order valence-electron chi connectivity index (χ0n) is 13.5. The summed E-state index contributed by atoms with van der Waals surface area (Å²) in [6.45, 7) is 4.72. The van der Waals surface area contributed by atoms with Crippen LogP contribution in [-0.4, -0.2) is 31.6 Å². The molecule has 1 aromatic carbocycles. The van der Waals surface area contributed by atoms with Crippen molar-refractivity contribution in [2.75, 3.05) is 19.8 Å². The Labute approximate surface area is 143 Å². The fourth-order valence-electron chi connectivity index (χ4n) is 1.90. The van der Waals surface area contributed by atoms with Crippen molar-refractivity contribution in [1.29, 1.82) is 0 Å². The van der Waals surface area contributed by atoms with Crippen molar-refractivity contribution in [3.05, 3.63) is 34.9 Å². The Morgan fingerprint density at radius 1 is 1.13 bits per heavy atom. The van der Waals surface area contributed by atoms with Gasteiger partial charge in [-0.2, -0.15) is 0 Å². The molecule has 0 heterocycles. The Hall–Kier alpha value is -0.710. The molecule has 7 heteroatoms. The average molecular weight is 363 g/mol. The summed E-state index contributed by atoms with van der Waals surface area (Å²) in [6, 6.07) is 6.05. The zero-order chi connectivity index (χ0) is 17.1. The fraction of sp³-hybridized carbons (Fsp3) is 0.562. The first-order valence-electron chi connectivity index (χ1n) is 7.77. The maximum absolute atomic E-state index is 12.0. The van der Waals surface area contributed by atoms with Gasteiger partial charge in [-0.05, 0) is 51.0 Å². The fourth-order valence-corrected chi connectivity index (χ4v) is 3.01. The smallest absolute Gasteiger partial charge is 0.246 e. The third-order valence-electron chi connectivity index (χ3n) is 3.03. The lowest BCUT2D eigenvalue weighted by atomic mass is 10.1. The van der Waals surface area contributed by atoms with Crippen LogP contribution in [0.4, 0.5) is 0 Å². The van der Waals surface area contributed by atoms with Gasteiger partial charge in [0.1, 0.15) is 0 Å². The molecule has 2 unspecified atom stereocenters. The Balaban J connectivity index is 2.26. The normalized spacial score (nSPS) is 13.7. The molecule has 2 atom stereocenters. The molecule has 0 bridgehead atoms. The van der Waals surface area contributed by atoms with Crippen molar-refractivity contribution in [1.82, 2.24) is 0 Å². The molecule has 1 rings (SSSR count). The number of benzene rings is 1. The number of hydrogen-bond donors (Lipinski definition) is 0. The minimum Gasteiger partial charge on any atom is -0.345 e. The van der Waals surface area contributed by atoms with E-state index in [1.165, 1.54) is 0 Å². The van der Waals surface area contributed by atoms with Gasteiger partial charge in [0, 0.05) is 23.6 Å². The maximum atomic E-state index is 12.0. The van der Waals surface area contributed by atoms with Gasteiger partial charge in [-0.15, -0.1) is 0 Å². The third kappa shape index (κ3) is 8.09. The van der Waals surface area contributed by atoms with Crippen molar-refractivity contribution in [2.45, 2.75) is 39.1 Å². The largest absolute Gasteiger partial charge is 0.345 e. The molecular weight excluding hydrogens is 339 g/mol. The molecule has 0 saturated heterocycles. The minimum absolute atomic E-state index is 0.0749. The number of ether oxygens (including phenoxy) is 2. The van der Waals surface area contributed by atoms with Gasteiger partial charge in [0.15, 0.2) is 5.78 Å². The molecule has 0 aliphatic heterocycles. The third-order valence-corrected chi connectivity index (χ3v) is 4.57. The molecule has 130 valence electrons. The number of halogens is 1. The molecule has 0 aromatic heterocycles. The van der Waals surface area contributed by atoms with Gasteiger partial charge >= 0.3 is 0 Å². The number of ketones is 1. The van der Waals surface area contributed by atoms with E-state index in [-0.39, 0.29) is 5.78 Å². The average Bonchev–Trinajstić information content (AvgIpc) is 2.54. The van der Waals surface area contributed by atoms with Crippen LogP contribution in [0.3, 0.4) is 0 Å². The highest BCUT2D eigenvalue weighted by molar-refractivity contribution is 7.39. The number of rotatable bonds is 12. The highest BCUT2D eigenvalue weighted by Gasteiger charge is 2.17. The van der Waals surface area contributed by atoms with E-state index in [0.717, 1.165) is 0 Å². The van der Waals surface area contributed by atoms with Gasteiger partial charge in [0.25, 0.3) is 0 Å². The van der Waals surface area contributed by atoms with Crippen LogP contribution in [-0.2, 0) is 18.6 Å². The minimum atomic E-state index is -2.37. The van der Waals surface area contributed by atoms with Crippen molar-refractivity contribution in [3.63, 3.8) is 0 Å². The molecular formula is C16H24ClO5P. The van der Waals surface area contributed by atoms with Crippen LogP contribution in [0, 0.1) is 0 Å². The number of Topliss-reactive ketones (excluding diaryl/α,β-unsaturated/α-hetero) is 1. The zero-order valence-corrected chi connectivity index (χ0v) is 15.3. The van der Waals surface area contributed by atoms with Crippen LogP contribution in [0.2, 0.25) is 5.02 Å². The van der Waals surface area contributed by atoms with Crippen LogP contribution in [0.1, 0.15) is 43.5 Å². The van der Waals surface area contributed by atoms with Gasteiger partial charge in [0.05, 0.1) is 13.2 Å². The van der Waals surface area contributed by atoms with E-state index in [1.54, 1.807) is 31.2 Å². The predicted molar refractivity (Wildman–Crippen MR) is 91.6 cm³/mol. The molecule has 0 spiro atoms. The predicted octanol–water partition coefficient (Wildman–Crippen LogP) is 4.54. The lowest BCUT2D eigenvalue weighted by Crippen LogP contribution is -2.15. The molecule has 0 amide bonds. The van der Waals surface area contributed by atoms with Crippen LogP contribution >= 0.6 is 19.6 Å². The van der Waals surface area contributed by atoms with Crippen LogP contribution in [0.5, 0.6) is 0 Å². The maximum Gasteiger partial charge on any atom is 0.246 e. The van der Waals surface area contributed by atoms with Crippen molar-refractivity contribution >= 4 is 25.4 Å². The monoisotopic (exact) mass is 362 g/mol. The van der Waals surface area contributed by atoms with E-state index < -0.39 is 14.1 Å². The second-order valence-electron chi connectivity index (χ2n) is 4.80. The first kappa shape index (κ1) is 20.3. The Bertz CT molecular complexity index is 492. The molecule has 5 nitrogen and oxygen atoms in total. The SMILES string of the molecule is CCOC(OCCCCC(=O)c1ccc(Cl)cc1)[PH](=O)OCC. The summed E-state index contributed by atoms with van der Waals surface area (Å²) in [5.41, 5.74) is 0.656. The molecule has 1 aromatic rings. The summed E-state index contributed by atoms with van der Waals surface area (Å²) in [6.07, 6.45) is 1.81. The highest BCUT2D eigenvalue weighted by Crippen LogP contribution is 2.31. The van der Waals surface area contributed by atoms with E-state index >= 15 is 0 Å². The second-order valence-corrected chi connectivity index (χ2v) is 6.63. The summed E-state index contributed by atoms with van der Waals surface area (Å²) < 4.78 is 27.5. The Morgan fingerprint density at radius 3 is 2.43 bits per heavy atom. The lowest BCUT2D eigenvalue weighted by Gasteiger charge is -2.16. The second kappa shape index (κ2) is 11.8. The number of hydrogen-bond acceptors (Lipinski definition) is 5. The van der Waals surface area contributed by atoms with E-state index in [1.807, 2.05) is 6.92 Å². The summed E-state index contributed by atoms with van der Waals surface area (Å²) in [5.74, 6) is 0.0749. The van der Waals surface area contributed by atoms with Gasteiger partial charge in [-0.25, -0.2) is 0 Å². The molecule has 0 aliphatic rings. The molecule has 23 heavy (non-hydrogen) atoms. The molecule has 0 aliphatic carbocycles. The Kier molecular flexibility index (Phi) is 10.4. The van der Waals surface area contributed by atoms with Crippen LogP contribution in [0.15, 0.2) is 24.3 Å². The Morgan fingerprint density at radius 2 is 1.83 bits per heavy atom. The van der Waals surface area contributed by atoms with Crippen molar-refractivity contribution in [3.8, 4) is 0 Å². The van der Waals surface area contributed by atoms with E-state index in [4.69, 9.17) is 25.6 Å². The van der Waals surface area contributed by atoms with E-state index in [9.17, 15) is 9.36 Å². The highest BCUT2D eigenvalue weighted by atomic mass is 35.5. The topological polar surface area (TPSA) is 61.8 Å². The summed E-state index contributed by atoms with van der Waals surface area (Å²) in [5, 5.41) is 0.612. The molecule has 0 N–H and O–H groups in total. The summed E-state index contributed by atoms with van der Waals surface area (Å²) in [4.78, 5) is 12.0. The standard InChI is InChI=1S/C16H24ClO5P/c1-3-20-16(23(19)22-4-2)21-12-6-5-7-15(18)13-8-10-14(17)11-9-13/h8-11,16,23H,3-7,12H2,1-2H3. The van der Waals surface area contributed by atoms with Gasteiger partial charge in [-0.1, -0.05) is 11.6 Å². The quantitative estimate of drug-likeness (QED) is 0.236. The first-order chi connectivity index (χ1) is 11.1.